The van der Waals surface area contributed by atoms with E-state index in [-0.39, 0.29) is 35.8 Å². The van der Waals surface area contributed by atoms with Crippen molar-refractivity contribution in [3.8, 4) is 0 Å². The molecule has 0 saturated carbocycles. The van der Waals surface area contributed by atoms with E-state index in [4.69, 9.17) is 4.74 Å². The van der Waals surface area contributed by atoms with E-state index in [1.165, 1.54) is 0 Å². The molecule has 0 spiro atoms. The average molecular weight is 424 g/mol. The van der Waals surface area contributed by atoms with E-state index in [1.54, 1.807) is 31.9 Å². The Morgan fingerprint density at radius 2 is 1.87 bits per heavy atom. The van der Waals surface area contributed by atoms with Crippen LogP contribution in [0.4, 0.5) is 0 Å². The summed E-state index contributed by atoms with van der Waals surface area (Å²) in [6.45, 7) is 14.5. The van der Waals surface area contributed by atoms with Gasteiger partial charge in [-0.1, -0.05) is 40.7 Å². The van der Waals surface area contributed by atoms with Crippen LogP contribution in [-0.2, 0) is 19.1 Å². The summed E-state index contributed by atoms with van der Waals surface area (Å²) in [5.41, 5.74) is 0.0127. The number of esters is 1. The number of rotatable bonds is 8. The highest BCUT2D eigenvalue weighted by atomic mass is 16.5. The Kier molecular flexibility index (Phi) is 9.53. The minimum Gasteiger partial charge on any atom is -0.463 e. The summed E-state index contributed by atoms with van der Waals surface area (Å²) in [6, 6.07) is -1.15. The average Bonchev–Trinajstić information content (AvgIpc) is 3.07. The number of likely N-dealkylation sites (N-methyl/N-ethyl adjacent to an activating group) is 2. The van der Waals surface area contributed by atoms with Gasteiger partial charge < -0.3 is 15.0 Å². The van der Waals surface area contributed by atoms with E-state index in [2.05, 4.69) is 5.32 Å². The topological polar surface area (TPSA) is 79.0 Å². The van der Waals surface area contributed by atoms with Crippen LogP contribution in [0.15, 0.2) is 11.6 Å². The molecule has 30 heavy (non-hydrogen) atoms. The van der Waals surface area contributed by atoms with Gasteiger partial charge in [-0.2, -0.15) is 0 Å². The highest BCUT2D eigenvalue weighted by molar-refractivity contribution is 5.91. The highest BCUT2D eigenvalue weighted by Gasteiger charge is 2.39. The van der Waals surface area contributed by atoms with Gasteiger partial charge in [-0.15, -0.1) is 0 Å². The number of ether oxygens (including phenoxy) is 1. The van der Waals surface area contributed by atoms with Crippen molar-refractivity contribution in [2.45, 2.75) is 79.4 Å². The highest BCUT2D eigenvalue weighted by Crippen LogP contribution is 2.25. The molecule has 3 atom stereocenters. The van der Waals surface area contributed by atoms with Gasteiger partial charge in [0.25, 0.3) is 0 Å². The lowest BCUT2D eigenvalue weighted by atomic mass is 9.85. The monoisotopic (exact) mass is 423 g/mol. The van der Waals surface area contributed by atoms with Crippen molar-refractivity contribution >= 4 is 17.8 Å². The Morgan fingerprint density at radius 3 is 2.30 bits per heavy atom. The van der Waals surface area contributed by atoms with Crippen molar-refractivity contribution < 1.29 is 19.1 Å². The molecule has 7 nitrogen and oxygen atoms in total. The first-order valence-corrected chi connectivity index (χ1v) is 10.9. The summed E-state index contributed by atoms with van der Waals surface area (Å²) in [7, 11) is 3.67. The molecule has 172 valence electrons. The molecule has 2 amide bonds. The smallest absolute Gasteiger partial charge is 0.333 e. The number of hydrogen-bond acceptors (Lipinski definition) is 5. The van der Waals surface area contributed by atoms with Crippen molar-refractivity contribution in [1.82, 2.24) is 15.1 Å². The second kappa shape index (κ2) is 10.9. The predicted octanol–water partition coefficient (Wildman–Crippen LogP) is 2.60. The molecule has 7 heteroatoms. The molecule has 0 aromatic carbocycles. The molecule has 1 aliphatic heterocycles. The van der Waals surface area contributed by atoms with Crippen molar-refractivity contribution in [3.05, 3.63) is 11.6 Å². The molecule has 1 saturated heterocycles. The minimum atomic E-state index is -0.665. The number of nitrogens with one attached hydrogen (secondary N) is 1. The van der Waals surface area contributed by atoms with Crippen LogP contribution in [0.25, 0.3) is 0 Å². The lowest BCUT2D eigenvalue weighted by molar-refractivity contribution is -0.141. The van der Waals surface area contributed by atoms with Crippen LogP contribution >= 0.6 is 0 Å². The van der Waals surface area contributed by atoms with E-state index < -0.39 is 11.5 Å². The maximum absolute atomic E-state index is 13.5. The Labute approximate surface area is 182 Å². The van der Waals surface area contributed by atoms with Crippen molar-refractivity contribution in [2.75, 3.05) is 27.2 Å². The molecule has 0 unspecified atom stereocenters. The fraction of sp³-hybridized carbons (Fsp3) is 0.783. The zero-order chi connectivity index (χ0) is 23.2. The van der Waals surface area contributed by atoms with Gasteiger partial charge in [-0.3, -0.25) is 14.5 Å². The van der Waals surface area contributed by atoms with Crippen LogP contribution in [0.5, 0.6) is 0 Å². The molecule has 0 radical (unpaired) electrons. The van der Waals surface area contributed by atoms with Crippen molar-refractivity contribution in [1.29, 1.82) is 0 Å². The first-order valence-electron chi connectivity index (χ1n) is 10.9. The number of amides is 2. The van der Waals surface area contributed by atoms with Crippen LogP contribution in [0.3, 0.4) is 0 Å². The van der Waals surface area contributed by atoms with Gasteiger partial charge >= 0.3 is 5.97 Å². The third kappa shape index (κ3) is 6.83. The quantitative estimate of drug-likeness (QED) is 0.480. The zero-order valence-electron chi connectivity index (χ0n) is 20.2. The summed E-state index contributed by atoms with van der Waals surface area (Å²) in [6.07, 6.45) is 3.57. The SMILES string of the molecule is CCOC(=O)/C(C)=C/[C@H](C(C)C)N(C)C(=O)[C@@H](NC(=O)[C@@H]1CCCN1C)C(C)(C)C. The first-order chi connectivity index (χ1) is 13.8. The fourth-order valence-corrected chi connectivity index (χ4v) is 3.80. The maximum Gasteiger partial charge on any atom is 0.333 e. The first kappa shape index (κ1) is 26.1. The molecule has 0 aromatic rings. The standard InChI is InChI=1S/C23H41N3O4/c1-10-30-22(29)16(4)14-18(15(2)3)26(9)21(28)19(23(5,6)7)24-20(27)17-12-11-13-25(17)8/h14-15,17-19H,10-13H2,1-9H3,(H,24,27)/b16-14+/t17-,18+,19+/m0/s1. The Hall–Kier alpha value is -1.89. The summed E-state index contributed by atoms with van der Waals surface area (Å²) >= 11 is 0. The lowest BCUT2D eigenvalue weighted by Gasteiger charge is -2.38. The molecule has 0 aromatic heterocycles. The molecule has 1 heterocycles. The van der Waals surface area contributed by atoms with E-state index in [9.17, 15) is 14.4 Å². The molecule has 1 aliphatic rings. The van der Waals surface area contributed by atoms with Crippen LogP contribution in [0.2, 0.25) is 0 Å². The third-order valence-corrected chi connectivity index (χ3v) is 5.72. The Morgan fingerprint density at radius 1 is 1.27 bits per heavy atom. The van der Waals surface area contributed by atoms with Gasteiger partial charge in [0, 0.05) is 12.6 Å². The normalized spacial score (nSPS) is 20.1. The molecule has 0 bridgehead atoms. The molecular formula is C23H41N3O4. The molecule has 1 fully saturated rings. The van der Waals surface area contributed by atoms with Crippen LogP contribution in [0.1, 0.15) is 61.3 Å². The Bertz CT molecular complexity index is 651. The fourth-order valence-electron chi connectivity index (χ4n) is 3.80. The van der Waals surface area contributed by atoms with Gasteiger partial charge in [-0.05, 0) is 51.6 Å². The maximum atomic E-state index is 13.5. The molecule has 0 aliphatic carbocycles. The second-order valence-corrected chi connectivity index (χ2v) is 9.70. The van der Waals surface area contributed by atoms with Gasteiger partial charge in [0.1, 0.15) is 6.04 Å². The molecule has 1 N–H and O–H groups in total. The van der Waals surface area contributed by atoms with E-state index in [1.807, 2.05) is 46.6 Å². The number of hydrogen-bond donors (Lipinski definition) is 1. The Balaban J connectivity index is 3.09. The number of nitrogens with zero attached hydrogens (tertiary/aromatic N) is 2. The molecule has 1 rings (SSSR count). The van der Waals surface area contributed by atoms with Crippen molar-refractivity contribution in [2.24, 2.45) is 11.3 Å². The van der Waals surface area contributed by atoms with E-state index >= 15 is 0 Å². The van der Waals surface area contributed by atoms with Crippen LogP contribution in [-0.4, -0.2) is 73.0 Å². The molecular weight excluding hydrogens is 382 g/mol. The second-order valence-electron chi connectivity index (χ2n) is 9.70. The zero-order valence-corrected chi connectivity index (χ0v) is 20.2. The minimum absolute atomic E-state index is 0.0839. The van der Waals surface area contributed by atoms with Crippen LogP contribution in [0, 0.1) is 11.3 Å². The lowest BCUT2D eigenvalue weighted by Crippen LogP contribution is -2.58. The van der Waals surface area contributed by atoms with Gasteiger partial charge in [0.15, 0.2) is 0 Å². The van der Waals surface area contributed by atoms with E-state index in [0.717, 1.165) is 19.4 Å². The summed E-state index contributed by atoms with van der Waals surface area (Å²) < 4.78 is 5.07. The largest absolute Gasteiger partial charge is 0.463 e. The van der Waals surface area contributed by atoms with Crippen LogP contribution < -0.4 is 5.32 Å². The number of carbonyl (C=O) groups is 3. The van der Waals surface area contributed by atoms with Gasteiger partial charge in [0.2, 0.25) is 11.8 Å². The summed E-state index contributed by atoms with van der Waals surface area (Å²) in [5, 5.41) is 3.02. The summed E-state index contributed by atoms with van der Waals surface area (Å²) in [4.78, 5) is 42.1. The van der Waals surface area contributed by atoms with E-state index in [0.29, 0.717) is 12.2 Å². The summed E-state index contributed by atoms with van der Waals surface area (Å²) in [5.74, 6) is -0.561. The third-order valence-electron chi connectivity index (χ3n) is 5.72. The number of likely N-dealkylation sites (tertiary alicyclic amines) is 1. The van der Waals surface area contributed by atoms with Gasteiger partial charge in [0.05, 0.1) is 18.7 Å². The van der Waals surface area contributed by atoms with Crippen molar-refractivity contribution in [3.63, 3.8) is 0 Å². The number of carbonyl (C=O) groups excluding carboxylic acids is 3. The predicted molar refractivity (Wildman–Crippen MR) is 119 cm³/mol. The van der Waals surface area contributed by atoms with Gasteiger partial charge in [-0.25, -0.2) is 4.79 Å².